The second-order valence-electron chi connectivity index (χ2n) is 7.81. The summed E-state index contributed by atoms with van der Waals surface area (Å²) in [6, 6.07) is -1.57. The zero-order valence-corrected chi connectivity index (χ0v) is 14.5. The van der Waals surface area contributed by atoms with Crippen molar-refractivity contribution >= 4 is 0 Å². The Kier molecular flexibility index (Phi) is 4.35. The van der Waals surface area contributed by atoms with Crippen LogP contribution in [0.2, 0.25) is 0 Å². The molecular formula is C21H28F2O2. The average Bonchev–Trinajstić information content (AvgIpc) is 3.27. The Hall–Kier alpha value is -1.00. The fourth-order valence-electron chi connectivity index (χ4n) is 5.00. The quantitative estimate of drug-likeness (QED) is 0.722. The van der Waals surface area contributed by atoms with Gasteiger partial charge in [-0.25, -0.2) is 8.78 Å². The van der Waals surface area contributed by atoms with Crippen molar-refractivity contribution in [2.75, 3.05) is 13.2 Å². The van der Waals surface area contributed by atoms with Crippen molar-refractivity contribution in [1.82, 2.24) is 0 Å². The summed E-state index contributed by atoms with van der Waals surface area (Å²) >= 11 is 0. The van der Waals surface area contributed by atoms with E-state index in [2.05, 4.69) is 0 Å². The molecule has 2 nitrogen and oxygen atoms in total. The highest BCUT2D eigenvalue weighted by molar-refractivity contribution is 5.22. The largest absolute Gasteiger partial charge is 0.350 e. The van der Waals surface area contributed by atoms with Gasteiger partial charge in [-0.1, -0.05) is 6.04 Å². The summed E-state index contributed by atoms with van der Waals surface area (Å²) < 4.78 is 62.4. The topological polar surface area (TPSA) is 18.5 Å². The molecule has 0 amide bonds. The lowest BCUT2D eigenvalue weighted by atomic mass is 9.68. The Morgan fingerprint density at radius 2 is 1.32 bits per heavy atom. The lowest BCUT2D eigenvalue weighted by Crippen LogP contribution is -2.30. The van der Waals surface area contributed by atoms with E-state index in [1.807, 2.05) is 0 Å². The Labute approximate surface area is 153 Å². The summed E-state index contributed by atoms with van der Waals surface area (Å²) in [5.74, 6) is -0.975. The molecule has 2 aliphatic carbocycles. The van der Waals surface area contributed by atoms with Crippen molar-refractivity contribution in [2.45, 2.75) is 63.6 Å². The van der Waals surface area contributed by atoms with Crippen LogP contribution < -0.4 is 0 Å². The third-order valence-corrected chi connectivity index (χ3v) is 6.44. The first-order valence-corrected chi connectivity index (χ1v) is 9.65. The minimum absolute atomic E-state index is 0.0184. The minimum Gasteiger partial charge on any atom is -0.350 e. The average molecular weight is 353 g/mol. The molecule has 2 saturated carbocycles. The summed E-state index contributed by atoms with van der Waals surface area (Å²) in [4.78, 5) is 0. The van der Waals surface area contributed by atoms with Crippen LogP contribution in [0, 0.1) is 29.4 Å². The fourth-order valence-corrected chi connectivity index (χ4v) is 5.00. The molecule has 138 valence electrons. The van der Waals surface area contributed by atoms with Crippen molar-refractivity contribution in [1.29, 1.82) is 0 Å². The highest BCUT2D eigenvalue weighted by atomic mass is 19.2. The van der Waals surface area contributed by atoms with Gasteiger partial charge >= 0.3 is 0 Å². The van der Waals surface area contributed by atoms with Crippen LogP contribution in [0.4, 0.5) is 8.78 Å². The van der Waals surface area contributed by atoms with Gasteiger partial charge in [0.1, 0.15) is 0 Å². The van der Waals surface area contributed by atoms with Crippen LogP contribution in [0.1, 0.15) is 67.0 Å². The van der Waals surface area contributed by atoms with E-state index < -0.39 is 23.7 Å². The first kappa shape index (κ1) is 14.1. The molecule has 0 spiro atoms. The monoisotopic (exact) mass is 353 g/mol. The molecule has 25 heavy (non-hydrogen) atoms. The lowest BCUT2D eigenvalue weighted by molar-refractivity contribution is -0.0972. The van der Waals surface area contributed by atoms with Gasteiger partial charge in [-0.2, -0.15) is 0 Å². The standard InChI is InChI=1S/C21H28F2O2/c22-19-10-9-18(13-20(19)23)16-3-1-14(2-4-16)15-5-7-17(8-6-15)21-24-11-12-25-21/h9-10,13-17,21H,1-8,11-12H2/i9D,10D,13D. The minimum atomic E-state index is -1.38. The number of hydrogen-bond donors (Lipinski definition) is 0. The van der Waals surface area contributed by atoms with Gasteiger partial charge in [0, 0.05) is 5.92 Å². The summed E-state index contributed by atoms with van der Waals surface area (Å²) in [6.45, 7) is 1.41. The van der Waals surface area contributed by atoms with Gasteiger partial charge in [0.05, 0.1) is 17.3 Å². The van der Waals surface area contributed by atoms with Crippen LogP contribution in [0.5, 0.6) is 0 Å². The van der Waals surface area contributed by atoms with Crippen LogP contribution in [0.3, 0.4) is 0 Å². The van der Waals surface area contributed by atoms with E-state index in [0.29, 0.717) is 31.0 Å². The summed E-state index contributed by atoms with van der Waals surface area (Å²) in [5.41, 5.74) is 0.224. The van der Waals surface area contributed by atoms with Crippen LogP contribution in [0.25, 0.3) is 0 Å². The van der Waals surface area contributed by atoms with Crippen molar-refractivity contribution in [3.05, 3.63) is 35.3 Å². The molecule has 0 N–H and O–H groups in total. The van der Waals surface area contributed by atoms with E-state index >= 15 is 0 Å². The van der Waals surface area contributed by atoms with E-state index in [-0.39, 0.29) is 23.8 Å². The van der Waals surface area contributed by atoms with Gasteiger partial charge < -0.3 is 9.47 Å². The van der Waals surface area contributed by atoms with Crippen molar-refractivity contribution < 1.29 is 22.4 Å². The summed E-state index contributed by atoms with van der Waals surface area (Å²) in [5, 5.41) is 0. The number of rotatable bonds is 3. The number of hydrogen-bond acceptors (Lipinski definition) is 2. The molecular weight excluding hydrogens is 322 g/mol. The summed E-state index contributed by atoms with van der Waals surface area (Å²) in [7, 11) is 0. The molecule has 0 unspecified atom stereocenters. The first-order valence-electron chi connectivity index (χ1n) is 11.1. The van der Waals surface area contributed by atoms with Crippen LogP contribution in [-0.4, -0.2) is 19.5 Å². The van der Waals surface area contributed by atoms with E-state index in [9.17, 15) is 8.78 Å². The molecule has 3 fully saturated rings. The second kappa shape index (κ2) is 7.71. The molecule has 4 heteroatoms. The predicted molar refractivity (Wildman–Crippen MR) is 92.2 cm³/mol. The number of halogens is 2. The van der Waals surface area contributed by atoms with Crippen LogP contribution in [-0.2, 0) is 9.47 Å². The van der Waals surface area contributed by atoms with Gasteiger partial charge in [-0.15, -0.1) is 0 Å². The van der Waals surface area contributed by atoms with E-state index in [0.717, 1.165) is 38.5 Å². The zero-order chi connectivity index (χ0) is 19.8. The molecule has 1 heterocycles. The number of benzene rings is 1. The first-order chi connectivity index (χ1) is 13.5. The third kappa shape index (κ3) is 3.90. The molecule has 3 aliphatic rings. The maximum absolute atomic E-state index is 13.9. The van der Waals surface area contributed by atoms with Crippen molar-refractivity contribution in [3.8, 4) is 0 Å². The van der Waals surface area contributed by atoms with Gasteiger partial charge in [0.25, 0.3) is 0 Å². The third-order valence-electron chi connectivity index (χ3n) is 6.44. The highest BCUT2D eigenvalue weighted by Crippen LogP contribution is 2.44. The molecule has 1 aliphatic heterocycles. The smallest absolute Gasteiger partial charge is 0.160 e. The lowest BCUT2D eigenvalue weighted by Gasteiger charge is -2.38. The SMILES string of the molecule is [2H]c1c([2H])c(C2CCC(C3CCC(C4OCCO4)CC3)CC2)c([2H])c(F)c1F. The molecule has 1 aromatic rings. The number of ether oxygens (including phenoxy) is 2. The van der Waals surface area contributed by atoms with Crippen molar-refractivity contribution in [2.24, 2.45) is 17.8 Å². The molecule has 1 aromatic carbocycles. The van der Waals surface area contributed by atoms with Gasteiger partial charge in [0.2, 0.25) is 0 Å². The molecule has 0 bridgehead atoms. The Morgan fingerprint density at radius 3 is 1.96 bits per heavy atom. The van der Waals surface area contributed by atoms with E-state index in [1.54, 1.807) is 0 Å². The van der Waals surface area contributed by atoms with E-state index in [4.69, 9.17) is 13.6 Å². The van der Waals surface area contributed by atoms with Crippen LogP contribution in [0.15, 0.2) is 18.1 Å². The van der Waals surface area contributed by atoms with Crippen molar-refractivity contribution in [3.63, 3.8) is 0 Å². The van der Waals surface area contributed by atoms with Gasteiger partial charge in [0.15, 0.2) is 17.9 Å². The second-order valence-corrected chi connectivity index (χ2v) is 7.81. The Morgan fingerprint density at radius 1 is 0.760 bits per heavy atom. The molecule has 0 radical (unpaired) electrons. The Bertz CT molecular complexity index is 679. The Balaban J connectivity index is 1.36. The maximum atomic E-state index is 13.9. The molecule has 0 atom stereocenters. The molecule has 1 saturated heterocycles. The highest BCUT2D eigenvalue weighted by Gasteiger charge is 2.35. The molecule has 0 aromatic heterocycles. The zero-order valence-electron chi connectivity index (χ0n) is 17.5. The normalized spacial score (nSPS) is 36.0. The van der Waals surface area contributed by atoms with Gasteiger partial charge in [-0.3, -0.25) is 0 Å². The predicted octanol–water partition coefficient (Wildman–Crippen LogP) is 5.42. The van der Waals surface area contributed by atoms with E-state index in [1.165, 1.54) is 12.8 Å². The van der Waals surface area contributed by atoms with Crippen LogP contribution >= 0.6 is 0 Å². The van der Waals surface area contributed by atoms with Gasteiger partial charge in [-0.05, 0) is 86.8 Å². The fraction of sp³-hybridized carbons (Fsp3) is 0.714. The maximum Gasteiger partial charge on any atom is 0.160 e. The summed E-state index contributed by atoms with van der Waals surface area (Å²) in [6.07, 6.45) is 8.14. The molecule has 4 rings (SSSR count).